The Labute approximate surface area is 153 Å². The minimum Gasteiger partial charge on any atom is -0.495 e. The lowest BCUT2D eigenvalue weighted by atomic mass is 9.92. The molecule has 0 aromatic carbocycles. The molecule has 3 heterocycles. The van der Waals surface area contributed by atoms with Crippen molar-refractivity contribution in [3.05, 3.63) is 42.0 Å². The molecule has 0 aliphatic carbocycles. The highest BCUT2D eigenvalue weighted by Gasteiger charge is 2.36. The van der Waals surface area contributed by atoms with Gasteiger partial charge in [-0.25, -0.2) is 0 Å². The van der Waals surface area contributed by atoms with E-state index in [1.165, 1.54) is 0 Å². The van der Waals surface area contributed by atoms with Crippen LogP contribution in [0.3, 0.4) is 0 Å². The molecule has 1 saturated heterocycles. The summed E-state index contributed by atoms with van der Waals surface area (Å²) in [6.45, 7) is 5.37. The zero-order valence-electron chi connectivity index (χ0n) is 15.5. The zero-order chi connectivity index (χ0) is 18.7. The van der Waals surface area contributed by atoms with Crippen molar-refractivity contribution in [1.29, 1.82) is 0 Å². The van der Waals surface area contributed by atoms with Gasteiger partial charge in [-0.2, -0.15) is 5.10 Å². The van der Waals surface area contributed by atoms with Gasteiger partial charge in [0.25, 0.3) is 0 Å². The summed E-state index contributed by atoms with van der Waals surface area (Å²) in [5.74, 6) is 0.845. The van der Waals surface area contributed by atoms with E-state index < -0.39 is 0 Å². The third-order valence-electron chi connectivity index (χ3n) is 4.97. The minimum atomic E-state index is 0.0277. The Morgan fingerprint density at radius 2 is 2.15 bits per heavy atom. The van der Waals surface area contributed by atoms with Crippen LogP contribution in [0.15, 0.2) is 30.7 Å². The Morgan fingerprint density at radius 3 is 2.73 bits per heavy atom. The van der Waals surface area contributed by atoms with E-state index in [-0.39, 0.29) is 36.8 Å². The van der Waals surface area contributed by atoms with Crippen LogP contribution in [-0.4, -0.2) is 57.5 Å². The van der Waals surface area contributed by atoms with E-state index in [2.05, 4.69) is 23.9 Å². The van der Waals surface area contributed by atoms with Gasteiger partial charge >= 0.3 is 0 Å². The second-order valence-electron chi connectivity index (χ2n) is 7.06. The maximum atomic E-state index is 12.7. The summed E-state index contributed by atoms with van der Waals surface area (Å²) in [6, 6.07) is 3.90. The molecule has 1 aliphatic heterocycles. The number of hydrogen-bond acceptors (Lipinski definition) is 5. The lowest BCUT2D eigenvalue weighted by Gasteiger charge is -2.16. The van der Waals surface area contributed by atoms with Crippen molar-refractivity contribution < 1.29 is 14.6 Å². The molecule has 1 fully saturated rings. The molecule has 1 aliphatic rings. The number of pyridine rings is 1. The fourth-order valence-electron chi connectivity index (χ4n) is 3.37. The van der Waals surface area contributed by atoms with E-state index in [1.807, 2.05) is 22.0 Å². The molecule has 2 atom stereocenters. The lowest BCUT2D eigenvalue weighted by molar-refractivity contribution is -0.129. The number of nitrogens with zero attached hydrogens (tertiary/aromatic N) is 4. The summed E-state index contributed by atoms with van der Waals surface area (Å²) in [7, 11) is 1.59. The third kappa shape index (κ3) is 3.88. The topological polar surface area (TPSA) is 80.5 Å². The molecule has 140 valence electrons. The molecule has 26 heavy (non-hydrogen) atoms. The van der Waals surface area contributed by atoms with Crippen molar-refractivity contribution in [3.8, 4) is 5.75 Å². The SMILES string of the molecule is COc1ccc(CC(=O)N2C[C@@H](CO)[C@H](c3cnn(C(C)C)c3)C2)nc1. The molecule has 0 unspecified atom stereocenters. The van der Waals surface area contributed by atoms with Gasteiger partial charge in [0.2, 0.25) is 5.91 Å². The molecule has 0 spiro atoms. The highest BCUT2D eigenvalue weighted by atomic mass is 16.5. The average Bonchev–Trinajstić information content (AvgIpc) is 3.29. The van der Waals surface area contributed by atoms with Crippen LogP contribution < -0.4 is 4.74 Å². The number of carbonyl (C=O) groups excluding carboxylic acids is 1. The summed E-state index contributed by atoms with van der Waals surface area (Å²) < 4.78 is 7.00. The second-order valence-corrected chi connectivity index (χ2v) is 7.06. The van der Waals surface area contributed by atoms with Crippen molar-refractivity contribution in [3.63, 3.8) is 0 Å². The maximum absolute atomic E-state index is 12.7. The number of aromatic nitrogens is 3. The number of hydrogen-bond donors (Lipinski definition) is 1. The molecular formula is C19H26N4O3. The van der Waals surface area contributed by atoms with E-state index in [0.29, 0.717) is 24.5 Å². The summed E-state index contributed by atoms with van der Waals surface area (Å²) >= 11 is 0. The average molecular weight is 358 g/mol. The summed E-state index contributed by atoms with van der Waals surface area (Å²) in [6.07, 6.45) is 5.75. The second kappa shape index (κ2) is 7.86. The quantitative estimate of drug-likeness (QED) is 0.849. The Balaban J connectivity index is 1.67. The van der Waals surface area contributed by atoms with Gasteiger partial charge in [-0.3, -0.25) is 14.5 Å². The number of amides is 1. The van der Waals surface area contributed by atoms with Gasteiger partial charge in [0.05, 0.1) is 25.9 Å². The molecule has 0 bridgehead atoms. The van der Waals surface area contributed by atoms with Crippen LogP contribution in [0.25, 0.3) is 0 Å². The molecular weight excluding hydrogens is 332 g/mol. The molecule has 2 aromatic heterocycles. The summed E-state index contributed by atoms with van der Waals surface area (Å²) in [5, 5.41) is 14.2. The first-order chi connectivity index (χ1) is 12.5. The lowest BCUT2D eigenvalue weighted by Crippen LogP contribution is -2.30. The normalized spacial score (nSPS) is 20.0. The molecule has 1 N–H and O–H groups in total. The van der Waals surface area contributed by atoms with Crippen LogP contribution >= 0.6 is 0 Å². The number of methoxy groups -OCH3 is 1. The van der Waals surface area contributed by atoms with Gasteiger partial charge in [0.1, 0.15) is 5.75 Å². The van der Waals surface area contributed by atoms with Gasteiger partial charge < -0.3 is 14.7 Å². The predicted molar refractivity (Wildman–Crippen MR) is 97.0 cm³/mol. The van der Waals surface area contributed by atoms with Crippen molar-refractivity contribution in [2.75, 3.05) is 26.8 Å². The smallest absolute Gasteiger partial charge is 0.228 e. The first-order valence-electron chi connectivity index (χ1n) is 8.93. The molecule has 3 rings (SSSR count). The molecule has 0 saturated carbocycles. The Kier molecular flexibility index (Phi) is 5.56. The molecule has 0 radical (unpaired) electrons. The van der Waals surface area contributed by atoms with E-state index >= 15 is 0 Å². The number of ether oxygens (including phenoxy) is 1. The van der Waals surface area contributed by atoms with Crippen LogP contribution in [0.4, 0.5) is 0 Å². The van der Waals surface area contributed by atoms with Gasteiger partial charge in [0.15, 0.2) is 0 Å². The van der Waals surface area contributed by atoms with Crippen LogP contribution in [0.1, 0.15) is 37.1 Å². The minimum absolute atomic E-state index is 0.0277. The van der Waals surface area contributed by atoms with Crippen LogP contribution in [0.2, 0.25) is 0 Å². The Bertz CT molecular complexity index is 741. The maximum Gasteiger partial charge on any atom is 0.228 e. The number of carbonyl (C=O) groups is 1. The highest BCUT2D eigenvalue weighted by Crippen LogP contribution is 2.33. The van der Waals surface area contributed by atoms with Crippen molar-refractivity contribution in [1.82, 2.24) is 19.7 Å². The van der Waals surface area contributed by atoms with Crippen LogP contribution in [0, 0.1) is 5.92 Å². The van der Waals surface area contributed by atoms with E-state index in [4.69, 9.17) is 4.74 Å². The van der Waals surface area contributed by atoms with Gasteiger partial charge in [-0.15, -0.1) is 0 Å². The van der Waals surface area contributed by atoms with Gasteiger partial charge in [0, 0.05) is 49.5 Å². The predicted octanol–water partition coefficient (Wildman–Crippen LogP) is 1.64. The van der Waals surface area contributed by atoms with E-state index in [0.717, 1.165) is 5.56 Å². The first-order valence-corrected chi connectivity index (χ1v) is 8.93. The highest BCUT2D eigenvalue weighted by molar-refractivity contribution is 5.78. The number of rotatable bonds is 6. The summed E-state index contributed by atoms with van der Waals surface area (Å²) in [5.41, 5.74) is 1.79. The van der Waals surface area contributed by atoms with Crippen LogP contribution in [0.5, 0.6) is 5.75 Å². The largest absolute Gasteiger partial charge is 0.495 e. The monoisotopic (exact) mass is 358 g/mol. The van der Waals surface area contributed by atoms with Gasteiger partial charge in [-0.1, -0.05) is 0 Å². The van der Waals surface area contributed by atoms with Crippen molar-refractivity contribution in [2.45, 2.75) is 32.2 Å². The van der Waals surface area contributed by atoms with Crippen molar-refractivity contribution in [2.24, 2.45) is 5.92 Å². The van der Waals surface area contributed by atoms with Crippen molar-refractivity contribution >= 4 is 5.91 Å². The number of aliphatic hydroxyl groups is 1. The zero-order valence-corrected chi connectivity index (χ0v) is 15.5. The van der Waals surface area contributed by atoms with E-state index in [9.17, 15) is 9.90 Å². The number of aliphatic hydroxyl groups excluding tert-OH is 1. The molecule has 1 amide bonds. The van der Waals surface area contributed by atoms with Crippen LogP contribution in [-0.2, 0) is 11.2 Å². The first kappa shape index (κ1) is 18.4. The number of likely N-dealkylation sites (tertiary alicyclic amines) is 1. The molecule has 2 aromatic rings. The fraction of sp³-hybridized carbons (Fsp3) is 0.526. The molecule has 7 nitrogen and oxygen atoms in total. The van der Waals surface area contributed by atoms with Gasteiger partial charge in [-0.05, 0) is 31.5 Å². The Hall–Kier alpha value is -2.41. The molecule has 7 heteroatoms. The van der Waals surface area contributed by atoms with E-state index in [1.54, 1.807) is 25.4 Å². The summed E-state index contributed by atoms with van der Waals surface area (Å²) in [4.78, 5) is 18.8. The third-order valence-corrected chi connectivity index (χ3v) is 4.97. The fourth-order valence-corrected chi connectivity index (χ4v) is 3.37. The Morgan fingerprint density at radius 1 is 1.35 bits per heavy atom. The standard InChI is InChI=1S/C19H26N4O3/c1-13(2)23-10-14(7-21-23)18-11-22(9-15(18)12-24)19(25)6-16-4-5-17(26-3)8-20-16/h4-5,7-8,10,13,15,18,24H,6,9,11-12H2,1-3H3/t15-,18-/m0/s1.